The molecule has 4 aliphatic rings. The number of hydrogen-bond donors (Lipinski definition) is 0. The third-order valence-electron chi connectivity index (χ3n) is 6.85. The van der Waals surface area contributed by atoms with Crippen LogP contribution in [-0.4, -0.2) is 17.8 Å². The first kappa shape index (κ1) is 18.5. The van der Waals surface area contributed by atoms with Gasteiger partial charge in [-0.25, -0.2) is 4.90 Å². The molecule has 7 rings (SSSR count). The monoisotopic (exact) mass is 472 g/mol. The summed E-state index contributed by atoms with van der Waals surface area (Å²) in [6.07, 6.45) is 0. The molecule has 152 valence electrons. The Morgan fingerprint density at radius 3 is 2.10 bits per heavy atom. The smallest absolute Gasteiger partial charge is 0.239 e. The maximum atomic E-state index is 13.8. The summed E-state index contributed by atoms with van der Waals surface area (Å²) in [6, 6.07) is 21.7. The van der Waals surface area contributed by atoms with Crippen molar-refractivity contribution in [1.29, 1.82) is 0 Å². The number of hydrogen-bond acceptors (Lipinski definition) is 4. The van der Waals surface area contributed by atoms with E-state index in [1.54, 1.807) is 6.07 Å². The molecule has 1 saturated heterocycles. The molecule has 1 aliphatic heterocycles. The molecule has 0 radical (unpaired) electrons. The molecule has 3 aromatic carbocycles. The van der Waals surface area contributed by atoms with Crippen LogP contribution < -0.4 is 10.0 Å². The third kappa shape index (κ3) is 2.18. The lowest BCUT2D eigenvalue weighted by atomic mass is 9.55. The zero-order valence-corrected chi connectivity index (χ0v) is 17.7. The number of amides is 2. The number of imide groups is 1. The number of benzene rings is 3. The molecule has 3 aliphatic carbocycles. The van der Waals surface area contributed by atoms with Crippen molar-refractivity contribution in [3.8, 4) is 0 Å². The largest absolute Gasteiger partial charge is 0.545 e. The van der Waals surface area contributed by atoms with Crippen molar-refractivity contribution in [1.82, 2.24) is 0 Å². The number of halogens is 1. The zero-order valence-electron chi connectivity index (χ0n) is 16.1. The first-order chi connectivity index (χ1) is 14.9. The summed E-state index contributed by atoms with van der Waals surface area (Å²) in [5.41, 5.74) is 4.29. The maximum Gasteiger partial charge on any atom is 0.239 e. The molecule has 0 N–H and O–H groups in total. The van der Waals surface area contributed by atoms with E-state index in [-0.39, 0.29) is 29.0 Å². The van der Waals surface area contributed by atoms with Gasteiger partial charge in [0.15, 0.2) is 0 Å². The van der Waals surface area contributed by atoms with Crippen LogP contribution in [0.15, 0.2) is 72.8 Å². The van der Waals surface area contributed by atoms with Crippen LogP contribution in [0.1, 0.15) is 38.5 Å². The molecular weight excluding hydrogens is 458 g/mol. The van der Waals surface area contributed by atoms with Crippen molar-refractivity contribution in [3.63, 3.8) is 0 Å². The van der Waals surface area contributed by atoms with Gasteiger partial charge in [0.05, 0.1) is 27.8 Å². The Kier molecular flexibility index (Phi) is 3.67. The van der Waals surface area contributed by atoms with Crippen LogP contribution in [0.3, 0.4) is 0 Å². The van der Waals surface area contributed by atoms with Gasteiger partial charge in [0.2, 0.25) is 11.8 Å². The van der Waals surface area contributed by atoms with E-state index < -0.39 is 22.1 Å². The van der Waals surface area contributed by atoms with Crippen molar-refractivity contribution < 1.29 is 19.5 Å². The van der Waals surface area contributed by atoms with Crippen molar-refractivity contribution in [3.05, 3.63) is 101 Å². The molecule has 2 amide bonds. The van der Waals surface area contributed by atoms with E-state index in [9.17, 15) is 19.5 Å². The molecular formula is C25H15BrNO4-. The SMILES string of the molecule is O=C([O-])c1cccc(N2C(=O)[C@@H]3[C@@H](C2=O)C2c4ccccc4C3(Br)c3ccccc32)c1. The van der Waals surface area contributed by atoms with Crippen LogP contribution in [0.2, 0.25) is 0 Å². The van der Waals surface area contributed by atoms with Crippen LogP contribution >= 0.6 is 15.9 Å². The molecule has 0 saturated carbocycles. The van der Waals surface area contributed by atoms with E-state index in [1.165, 1.54) is 18.2 Å². The van der Waals surface area contributed by atoms with E-state index in [0.29, 0.717) is 0 Å². The number of nitrogens with zero attached hydrogens (tertiary/aromatic N) is 1. The quantitative estimate of drug-likeness (QED) is 0.424. The molecule has 1 heterocycles. The predicted molar refractivity (Wildman–Crippen MR) is 115 cm³/mol. The van der Waals surface area contributed by atoms with Crippen LogP contribution in [0.5, 0.6) is 0 Å². The summed E-state index contributed by atoms with van der Waals surface area (Å²) in [5.74, 6) is -3.40. The minimum absolute atomic E-state index is 0.0731. The molecule has 6 heteroatoms. The molecule has 2 atom stereocenters. The zero-order chi connectivity index (χ0) is 21.5. The summed E-state index contributed by atoms with van der Waals surface area (Å²) in [4.78, 5) is 40.0. The van der Waals surface area contributed by atoms with Crippen molar-refractivity contribution in [2.24, 2.45) is 11.8 Å². The highest BCUT2D eigenvalue weighted by Gasteiger charge is 2.67. The van der Waals surface area contributed by atoms with E-state index in [1.807, 2.05) is 48.5 Å². The first-order valence-electron chi connectivity index (χ1n) is 10.0. The van der Waals surface area contributed by atoms with Gasteiger partial charge >= 0.3 is 0 Å². The highest BCUT2D eigenvalue weighted by molar-refractivity contribution is 9.09. The molecule has 3 aromatic rings. The van der Waals surface area contributed by atoms with Crippen LogP contribution in [0.4, 0.5) is 5.69 Å². The van der Waals surface area contributed by atoms with Gasteiger partial charge in [0, 0.05) is 5.92 Å². The number of carbonyl (C=O) groups is 3. The molecule has 2 bridgehead atoms. The third-order valence-corrected chi connectivity index (χ3v) is 8.20. The Balaban J connectivity index is 1.58. The van der Waals surface area contributed by atoms with Crippen molar-refractivity contribution in [2.75, 3.05) is 4.90 Å². The minimum Gasteiger partial charge on any atom is -0.545 e. The molecule has 1 fully saturated rings. The van der Waals surface area contributed by atoms with Gasteiger partial charge in [-0.15, -0.1) is 0 Å². The number of alkyl halides is 1. The van der Waals surface area contributed by atoms with Crippen molar-refractivity contribution in [2.45, 2.75) is 10.2 Å². The number of aromatic carboxylic acids is 1. The second kappa shape index (κ2) is 6.14. The second-order valence-corrected chi connectivity index (χ2v) is 9.47. The lowest BCUT2D eigenvalue weighted by molar-refractivity contribution is -0.255. The molecule has 0 spiro atoms. The standard InChI is InChI=1S/C25H16BrNO4/c26-25-17-10-3-1-8-15(17)19(16-9-2-4-11-18(16)25)20-21(25)23(29)27(22(20)28)14-7-5-6-13(12-14)24(30)31/h1-12,19-21H,(H,30,31)/p-1/t19?,20-,21-,25?/m0/s1. The topological polar surface area (TPSA) is 77.5 Å². The summed E-state index contributed by atoms with van der Waals surface area (Å²) in [7, 11) is 0. The Bertz CT molecular complexity index is 1270. The second-order valence-electron chi connectivity index (χ2n) is 8.22. The Labute approximate surface area is 186 Å². The first-order valence-corrected chi connectivity index (χ1v) is 10.8. The average Bonchev–Trinajstić information content (AvgIpc) is 3.06. The Hall–Kier alpha value is -3.25. The lowest BCUT2D eigenvalue weighted by Gasteiger charge is -2.51. The average molecular weight is 473 g/mol. The Morgan fingerprint density at radius 1 is 0.871 bits per heavy atom. The van der Waals surface area contributed by atoms with Gasteiger partial charge in [0.25, 0.3) is 0 Å². The molecule has 0 unspecified atom stereocenters. The number of rotatable bonds is 2. The summed E-state index contributed by atoms with van der Waals surface area (Å²) >= 11 is 3.94. The maximum absolute atomic E-state index is 13.8. The number of anilines is 1. The van der Waals surface area contributed by atoms with Gasteiger partial charge < -0.3 is 9.90 Å². The summed E-state index contributed by atoms with van der Waals surface area (Å²) in [5, 5.41) is 11.3. The van der Waals surface area contributed by atoms with Gasteiger partial charge in [-0.2, -0.15) is 0 Å². The van der Waals surface area contributed by atoms with Crippen molar-refractivity contribution >= 4 is 39.4 Å². The summed E-state index contributed by atoms with van der Waals surface area (Å²) in [6.45, 7) is 0. The fourth-order valence-corrected chi connectivity index (χ4v) is 6.91. The normalized spacial score (nSPS) is 27.6. The fourth-order valence-electron chi connectivity index (χ4n) is 5.71. The summed E-state index contributed by atoms with van der Waals surface area (Å²) < 4.78 is -0.826. The molecule has 5 nitrogen and oxygen atoms in total. The van der Waals surface area contributed by atoms with E-state index >= 15 is 0 Å². The molecule has 0 aromatic heterocycles. The van der Waals surface area contributed by atoms with Crippen LogP contribution in [0.25, 0.3) is 0 Å². The van der Waals surface area contributed by atoms with Gasteiger partial charge in [-0.05, 0) is 39.9 Å². The lowest BCUT2D eigenvalue weighted by Crippen LogP contribution is -2.50. The number of carbonyl (C=O) groups excluding carboxylic acids is 3. The predicted octanol–water partition coefficient (Wildman–Crippen LogP) is 2.95. The van der Waals surface area contributed by atoms with Gasteiger partial charge in [0.1, 0.15) is 0 Å². The van der Waals surface area contributed by atoms with Crippen LogP contribution in [-0.2, 0) is 13.9 Å². The van der Waals surface area contributed by atoms with E-state index in [4.69, 9.17) is 0 Å². The molecule has 31 heavy (non-hydrogen) atoms. The highest BCUT2D eigenvalue weighted by Crippen LogP contribution is 2.66. The van der Waals surface area contributed by atoms with Gasteiger partial charge in [-0.1, -0.05) is 76.6 Å². The number of carboxylic acids is 1. The fraction of sp³-hybridized carbons (Fsp3) is 0.160. The van der Waals surface area contributed by atoms with E-state index in [2.05, 4.69) is 15.9 Å². The van der Waals surface area contributed by atoms with E-state index in [0.717, 1.165) is 27.2 Å². The van der Waals surface area contributed by atoms with Crippen LogP contribution in [0, 0.1) is 11.8 Å². The Morgan fingerprint density at radius 2 is 1.48 bits per heavy atom. The highest BCUT2D eigenvalue weighted by atomic mass is 79.9. The minimum atomic E-state index is -1.35. The van der Waals surface area contributed by atoms with Gasteiger partial charge in [-0.3, -0.25) is 9.59 Å². The number of carboxylic acid groups (broad SMARTS) is 1.